The number of H-pyrrole nitrogens is 1. The first-order valence-electron chi connectivity index (χ1n) is 13.6. The molecule has 0 bridgehead atoms. The number of aliphatic carboxylic acids is 2. The first-order chi connectivity index (χ1) is 22.6. The summed E-state index contributed by atoms with van der Waals surface area (Å²) in [4.78, 5) is 39.2. The van der Waals surface area contributed by atoms with Crippen LogP contribution in [0, 0.1) is 5.82 Å². The molecule has 0 saturated heterocycles. The highest BCUT2D eigenvalue weighted by atomic mass is 19.4. The largest absolute Gasteiger partial charge is 0.493 e. The third-order valence-electron chi connectivity index (χ3n) is 5.25. The van der Waals surface area contributed by atoms with Crippen molar-refractivity contribution in [2.45, 2.75) is 45.6 Å². The number of ether oxygens (including phenoxy) is 2. The van der Waals surface area contributed by atoms with Crippen molar-refractivity contribution in [2.24, 2.45) is 0 Å². The summed E-state index contributed by atoms with van der Waals surface area (Å²) in [6.07, 6.45) is -6.89. The molecule has 1 amide bonds. The smallest absolute Gasteiger partial charge is 0.490 e. The van der Waals surface area contributed by atoms with E-state index in [9.17, 15) is 35.5 Å². The highest BCUT2D eigenvalue weighted by Gasteiger charge is 2.38. The minimum atomic E-state index is -5.08. The molecule has 5 N–H and O–H groups in total. The van der Waals surface area contributed by atoms with Gasteiger partial charge in [0.1, 0.15) is 23.1 Å². The van der Waals surface area contributed by atoms with Crippen molar-refractivity contribution in [1.82, 2.24) is 25.5 Å². The monoisotopic (exact) mass is 706 g/mol. The highest BCUT2D eigenvalue weighted by molar-refractivity contribution is 5.97. The average molecular weight is 707 g/mol. The van der Waals surface area contributed by atoms with Crippen LogP contribution in [-0.2, 0) is 14.4 Å². The number of carboxylic acid groups (broad SMARTS) is 2. The standard InChI is InChI=1S/C25H27FN6O3.2C2HF3O2/c1-5-34-20-11-16(26)10-19-22(20)24(29-17-12-27-28-13-17)31-23(30-19)15-7-6-8-18(9-15)35-14-21(33)32-25(2,3)4;2*3-2(4,5)1(6)7/h6-13H,5,14H2,1-4H3,(H,27,28)(H,32,33)(H,29,30,31);2*(H,6,7). The Morgan fingerprint density at radius 2 is 1.53 bits per heavy atom. The van der Waals surface area contributed by atoms with E-state index in [0.717, 1.165) is 0 Å². The lowest BCUT2D eigenvalue weighted by molar-refractivity contribution is -0.193. The molecule has 2 heterocycles. The first-order valence-corrected chi connectivity index (χ1v) is 13.6. The Hall–Kier alpha value is -5.69. The molecule has 0 unspecified atom stereocenters. The molecule has 0 radical (unpaired) electrons. The van der Waals surface area contributed by atoms with Crippen LogP contribution in [0.5, 0.6) is 11.5 Å². The van der Waals surface area contributed by atoms with Crippen molar-refractivity contribution in [3.8, 4) is 22.9 Å². The summed E-state index contributed by atoms with van der Waals surface area (Å²) in [6.45, 7) is 7.75. The normalized spacial score (nSPS) is 11.3. The molecule has 266 valence electrons. The molecule has 0 atom stereocenters. The van der Waals surface area contributed by atoms with Crippen LogP contribution < -0.4 is 20.1 Å². The Morgan fingerprint density at radius 1 is 0.918 bits per heavy atom. The zero-order valence-corrected chi connectivity index (χ0v) is 26.0. The number of nitrogens with zero attached hydrogens (tertiary/aromatic N) is 3. The predicted molar refractivity (Wildman–Crippen MR) is 159 cm³/mol. The molecule has 0 fully saturated rings. The lowest BCUT2D eigenvalue weighted by Crippen LogP contribution is -2.43. The zero-order chi connectivity index (χ0) is 37.2. The van der Waals surface area contributed by atoms with Crippen LogP contribution in [0.1, 0.15) is 27.7 Å². The van der Waals surface area contributed by atoms with Crippen LogP contribution in [-0.4, -0.2) is 79.3 Å². The molecule has 0 aliphatic rings. The van der Waals surface area contributed by atoms with Crippen LogP contribution in [0.15, 0.2) is 48.8 Å². The topological polar surface area (TPSA) is 189 Å². The van der Waals surface area contributed by atoms with Gasteiger partial charge in [-0.25, -0.2) is 23.9 Å². The number of hydrogen-bond donors (Lipinski definition) is 5. The van der Waals surface area contributed by atoms with Crippen molar-refractivity contribution in [3.05, 3.63) is 54.6 Å². The third-order valence-corrected chi connectivity index (χ3v) is 5.25. The van der Waals surface area contributed by atoms with Crippen molar-refractivity contribution < 1.29 is 64.8 Å². The number of anilines is 2. The van der Waals surface area contributed by atoms with E-state index in [1.807, 2.05) is 33.8 Å². The van der Waals surface area contributed by atoms with E-state index in [4.69, 9.17) is 34.3 Å². The van der Waals surface area contributed by atoms with Gasteiger partial charge in [0.15, 0.2) is 12.4 Å². The van der Waals surface area contributed by atoms with E-state index in [2.05, 4.69) is 25.8 Å². The molecule has 4 aromatic rings. The second-order valence-corrected chi connectivity index (χ2v) is 10.5. The SMILES string of the molecule is CCOc1cc(F)cc2nc(-c3cccc(OCC(=O)NC(C)(C)C)c3)nc(Nc3cn[nH]c3)c12.O=C(O)C(F)(F)F.O=C(O)C(F)(F)F. The third kappa shape index (κ3) is 13.1. The number of aromatic amines is 1. The molecule has 49 heavy (non-hydrogen) atoms. The average Bonchev–Trinajstić information content (AvgIpc) is 3.48. The Bertz CT molecular complexity index is 1720. The lowest BCUT2D eigenvalue weighted by atomic mass is 10.1. The van der Waals surface area contributed by atoms with E-state index in [1.165, 1.54) is 12.1 Å². The fraction of sp³-hybridized carbons (Fsp3) is 0.310. The second kappa shape index (κ2) is 16.4. The number of nitrogens with one attached hydrogen (secondary N) is 3. The van der Waals surface area contributed by atoms with Gasteiger partial charge >= 0.3 is 24.3 Å². The number of carbonyl (C=O) groups is 3. The summed E-state index contributed by atoms with van der Waals surface area (Å²) < 4.78 is 89.2. The van der Waals surface area contributed by atoms with Crippen LogP contribution in [0.2, 0.25) is 0 Å². The van der Waals surface area contributed by atoms with E-state index in [1.54, 1.807) is 30.6 Å². The minimum absolute atomic E-state index is 0.129. The summed E-state index contributed by atoms with van der Waals surface area (Å²) >= 11 is 0. The summed E-state index contributed by atoms with van der Waals surface area (Å²) in [5.74, 6) is -4.61. The summed E-state index contributed by atoms with van der Waals surface area (Å²) in [5.41, 5.74) is 1.33. The van der Waals surface area contributed by atoms with Crippen LogP contribution in [0.25, 0.3) is 22.3 Å². The fourth-order valence-corrected chi connectivity index (χ4v) is 3.47. The van der Waals surface area contributed by atoms with E-state index < -0.39 is 30.1 Å². The molecular weight excluding hydrogens is 677 g/mol. The Kier molecular flexibility index (Phi) is 13.2. The minimum Gasteiger partial charge on any atom is -0.493 e. The molecular formula is C29H29F7N6O7. The molecule has 2 aromatic carbocycles. The van der Waals surface area contributed by atoms with Crippen LogP contribution >= 0.6 is 0 Å². The lowest BCUT2D eigenvalue weighted by Gasteiger charge is -2.20. The maximum Gasteiger partial charge on any atom is 0.490 e. The van der Waals surface area contributed by atoms with Gasteiger partial charge in [-0.3, -0.25) is 9.89 Å². The number of fused-ring (bicyclic) bond motifs is 1. The number of amides is 1. The van der Waals surface area contributed by atoms with Gasteiger partial charge in [0.05, 0.1) is 29.4 Å². The van der Waals surface area contributed by atoms with E-state index in [-0.39, 0.29) is 18.1 Å². The predicted octanol–water partition coefficient (Wildman–Crippen LogP) is 5.86. The first kappa shape index (κ1) is 39.5. The molecule has 0 aliphatic carbocycles. The number of hydrogen-bond acceptors (Lipinski definition) is 9. The summed E-state index contributed by atoms with van der Waals surface area (Å²) in [6, 6.07) is 9.71. The van der Waals surface area contributed by atoms with Crippen LogP contribution in [0.3, 0.4) is 0 Å². The van der Waals surface area contributed by atoms with Gasteiger partial charge < -0.3 is 30.3 Å². The Labute approximate surface area is 272 Å². The number of alkyl halides is 6. The van der Waals surface area contributed by atoms with E-state index in [0.29, 0.717) is 51.9 Å². The van der Waals surface area contributed by atoms with Crippen LogP contribution in [0.4, 0.5) is 42.2 Å². The molecule has 0 saturated carbocycles. The molecule has 4 rings (SSSR count). The number of aromatic nitrogens is 4. The van der Waals surface area contributed by atoms with Crippen molar-refractivity contribution in [1.29, 1.82) is 0 Å². The van der Waals surface area contributed by atoms with Gasteiger partial charge in [-0.15, -0.1) is 0 Å². The molecule has 0 aliphatic heterocycles. The molecule has 0 spiro atoms. The van der Waals surface area contributed by atoms with Crippen molar-refractivity contribution in [3.63, 3.8) is 0 Å². The number of carboxylic acids is 2. The number of carbonyl (C=O) groups excluding carboxylic acids is 1. The number of benzene rings is 2. The summed E-state index contributed by atoms with van der Waals surface area (Å²) in [7, 11) is 0. The quantitative estimate of drug-likeness (QED) is 0.138. The summed E-state index contributed by atoms with van der Waals surface area (Å²) in [5, 5.41) is 27.5. The van der Waals surface area contributed by atoms with Gasteiger partial charge in [0.25, 0.3) is 5.91 Å². The van der Waals surface area contributed by atoms with Gasteiger partial charge in [-0.05, 0) is 39.8 Å². The Balaban J connectivity index is 0.000000500. The molecule has 13 nitrogen and oxygen atoms in total. The van der Waals surface area contributed by atoms with Gasteiger partial charge in [0, 0.05) is 29.4 Å². The van der Waals surface area contributed by atoms with Gasteiger partial charge in [0.2, 0.25) is 0 Å². The maximum absolute atomic E-state index is 14.4. The van der Waals surface area contributed by atoms with Gasteiger partial charge in [-0.1, -0.05) is 12.1 Å². The number of rotatable bonds is 8. The number of halogens is 7. The van der Waals surface area contributed by atoms with E-state index >= 15 is 0 Å². The zero-order valence-electron chi connectivity index (χ0n) is 26.0. The molecule has 2 aromatic heterocycles. The Morgan fingerprint density at radius 3 is 2.04 bits per heavy atom. The fourth-order valence-electron chi connectivity index (χ4n) is 3.47. The van der Waals surface area contributed by atoms with Gasteiger partial charge in [-0.2, -0.15) is 31.4 Å². The maximum atomic E-state index is 14.4. The molecule has 20 heteroatoms. The highest BCUT2D eigenvalue weighted by Crippen LogP contribution is 2.35. The van der Waals surface area contributed by atoms with Crippen molar-refractivity contribution in [2.75, 3.05) is 18.5 Å². The second-order valence-electron chi connectivity index (χ2n) is 10.5. The van der Waals surface area contributed by atoms with Crippen molar-refractivity contribution >= 4 is 40.3 Å².